The fraction of sp³-hybridized carbons (Fsp3) is 0.548. The Morgan fingerprint density at radius 1 is 1.04 bits per heavy atom. The van der Waals surface area contributed by atoms with Gasteiger partial charge in [0.05, 0.1) is 19.2 Å². The van der Waals surface area contributed by atoms with Crippen molar-refractivity contribution >= 4 is 11.9 Å². The van der Waals surface area contributed by atoms with E-state index in [4.69, 9.17) is 49.7 Å². The summed E-state index contributed by atoms with van der Waals surface area (Å²) in [5.74, 6) is -0.986. The number of carbonyl (C=O) groups is 2. The number of nitrogens with two attached hydrogens (primary N) is 2. The van der Waals surface area contributed by atoms with Gasteiger partial charge in [-0.15, -0.1) is 0 Å². The molecule has 0 bridgehead atoms. The van der Waals surface area contributed by atoms with Crippen LogP contribution in [0.1, 0.15) is 55.3 Å². The van der Waals surface area contributed by atoms with Gasteiger partial charge in [0, 0.05) is 17.2 Å². The minimum Gasteiger partial charge on any atom is -0.490 e. The number of methoxy groups -OCH3 is 1. The van der Waals surface area contributed by atoms with Crippen molar-refractivity contribution in [1.82, 2.24) is 0 Å². The molecule has 1 aliphatic carbocycles. The van der Waals surface area contributed by atoms with Crippen molar-refractivity contribution in [3.63, 3.8) is 0 Å². The summed E-state index contributed by atoms with van der Waals surface area (Å²) in [5.41, 5.74) is 12.5. The molecule has 1 spiro atoms. The number of fused-ring (bicyclic) bond motifs is 6. The smallest absolute Gasteiger partial charge is 0.317 e. The first kappa shape index (κ1) is 33.0. The van der Waals surface area contributed by atoms with Crippen LogP contribution in [0.2, 0.25) is 0 Å². The van der Waals surface area contributed by atoms with Crippen LogP contribution in [0.5, 0.6) is 28.7 Å². The van der Waals surface area contributed by atoms with E-state index in [0.717, 1.165) is 36.8 Å². The van der Waals surface area contributed by atoms with Crippen molar-refractivity contribution < 1.29 is 68.3 Å². The normalized spacial score (nSPS) is 29.1. The molecule has 4 aliphatic rings. The Kier molecular flexibility index (Phi) is 9.10. The molecule has 0 amide bonds. The maximum atomic E-state index is 12.1. The molecule has 16 nitrogen and oxygen atoms in total. The molecular formula is C31H38N2O14. The first-order valence-electron chi connectivity index (χ1n) is 15.2. The Labute approximate surface area is 268 Å². The third-order valence-electron chi connectivity index (χ3n) is 9.16. The van der Waals surface area contributed by atoms with E-state index >= 15 is 0 Å². The number of esters is 1. The van der Waals surface area contributed by atoms with Crippen molar-refractivity contribution in [3.8, 4) is 28.7 Å². The van der Waals surface area contributed by atoms with Crippen LogP contribution >= 0.6 is 0 Å². The monoisotopic (exact) mass is 662 g/mol. The van der Waals surface area contributed by atoms with Gasteiger partial charge < -0.3 is 70.2 Å². The van der Waals surface area contributed by atoms with E-state index in [2.05, 4.69) is 0 Å². The van der Waals surface area contributed by atoms with Crippen molar-refractivity contribution in [1.29, 1.82) is 0 Å². The van der Waals surface area contributed by atoms with Crippen molar-refractivity contribution in [2.45, 2.75) is 92.7 Å². The van der Waals surface area contributed by atoms with E-state index in [1.165, 1.54) is 7.11 Å². The molecule has 256 valence electrons. The predicted octanol–water partition coefficient (Wildman–Crippen LogP) is -0.237. The molecule has 3 aliphatic heterocycles. The number of carbonyl (C=O) groups excluding carboxylic acids is 1. The van der Waals surface area contributed by atoms with Crippen molar-refractivity contribution in [3.05, 3.63) is 41.5 Å². The number of aliphatic hydroxyl groups is 4. The van der Waals surface area contributed by atoms with E-state index < -0.39 is 79.8 Å². The standard InChI is InChI=1S/C31H38N2O14/c1-41-26-16(42-12-34)7-6-15-20-24(45-25(15)26)14-5-4-13(10-17(14)47-31(20)8-2-3-9-31)43-30-23(40)21(38)22(39)27(46-30)28(29(32)33)44-19(37)11-18(35)36/h4-7,10,20-24,27-30,34,38-40H,2-3,8-9,11-12,32-33H2,1H3,(H,35,36). The highest BCUT2D eigenvalue weighted by Gasteiger charge is 2.57. The lowest BCUT2D eigenvalue weighted by Gasteiger charge is -2.44. The zero-order valence-electron chi connectivity index (χ0n) is 25.4. The van der Waals surface area contributed by atoms with Gasteiger partial charge in [-0.1, -0.05) is 6.07 Å². The Morgan fingerprint density at radius 3 is 2.43 bits per heavy atom. The average molecular weight is 663 g/mol. The van der Waals surface area contributed by atoms with Gasteiger partial charge in [-0.05, 0) is 43.9 Å². The second kappa shape index (κ2) is 13.0. The molecule has 1 saturated carbocycles. The molecular weight excluding hydrogens is 624 g/mol. The first-order chi connectivity index (χ1) is 22.5. The number of aliphatic carboxylic acids is 1. The predicted molar refractivity (Wildman–Crippen MR) is 157 cm³/mol. The Morgan fingerprint density at radius 2 is 1.77 bits per heavy atom. The lowest BCUT2D eigenvalue weighted by molar-refractivity contribution is -0.291. The lowest BCUT2D eigenvalue weighted by Crippen LogP contribution is -2.66. The Balaban J connectivity index is 1.28. The number of rotatable bonds is 10. The first-order valence-corrected chi connectivity index (χ1v) is 15.2. The summed E-state index contributed by atoms with van der Waals surface area (Å²) in [6.45, 7) is -0.535. The molecule has 3 heterocycles. The molecule has 2 fully saturated rings. The highest BCUT2D eigenvalue weighted by Crippen LogP contribution is 2.64. The van der Waals surface area contributed by atoms with Crippen molar-refractivity contribution in [2.24, 2.45) is 11.5 Å². The van der Waals surface area contributed by atoms with Gasteiger partial charge >= 0.3 is 11.9 Å². The SMILES string of the molecule is COc1c(OCO)ccc2c1OC1c3ccc(OC4OC(C(OC(=O)CC(=O)O)C(N)N)C(O)C(O)C4O)cc3OC3(CCCC3)C21. The summed E-state index contributed by atoms with van der Waals surface area (Å²) in [4.78, 5) is 23.0. The zero-order chi connectivity index (χ0) is 33.6. The van der Waals surface area contributed by atoms with Crippen LogP contribution in [-0.2, 0) is 19.1 Å². The number of aliphatic hydroxyl groups excluding tert-OH is 4. The van der Waals surface area contributed by atoms with Crippen LogP contribution in [0.3, 0.4) is 0 Å². The molecule has 8 atom stereocenters. The van der Waals surface area contributed by atoms with Gasteiger partial charge in [0.1, 0.15) is 54.0 Å². The van der Waals surface area contributed by atoms with E-state index in [1.54, 1.807) is 24.3 Å². The van der Waals surface area contributed by atoms with E-state index in [0.29, 0.717) is 23.0 Å². The minimum atomic E-state index is -1.84. The summed E-state index contributed by atoms with van der Waals surface area (Å²) >= 11 is 0. The molecule has 8 unspecified atom stereocenters. The van der Waals surface area contributed by atoms with E-state index in [1.807, 2.05) is 6.07 Å². The second-order valence-corrected chi connectivity index (χ2v) is 12.0. The maximum Gasteiger partial charge on any atom is 0.317 e. The van der Waals surface area contributed by atoms with Crippen LogP contribution in [0.4, 0.5) is 0 Å². The van der Waals surface area contributed by atoms with Gasteiger partial charge in [-0.3, -0.25) is 9.59 Å². The third-order valence-corrected chi connectivity index (χ3v) is 9.16. The molecule has 2 aromatic rings. The highest BCUT2D eigenvalue weighted by atomic mass is 16.7. The number of hydrogen-bond donors (Lipinski definition) is 7. The molecule has 47 heavy (non-hydrogen) atoms. The van der Waals surface area contributed by atoms with Crippen LogP contribution in [0.25, 0.3) is 0 Å². The van der Waals surface area contributed by atoms with Gasteiger partial charge in [0.15, 0.2) is 24.4 Å². The van der Waals surface area contributed by atoms with Gasteiger partial charge in [0.25, 0.3) is 0 Å². The van der Waals surface area contributed by atoms with E-state index in [9.17, 15) is 30.0 Å². The molecule has 1 saturated heterocycles. The van der Waals surface area contributed by atoms with Gasteiger partial charge in [-0.2, -0.15) is 0 Å². The number of carboxylic acid groups (broad SMARTS) is 1. The third kappa shape index (κ3) is 5.90. The molecule has 0 radical (unpaired) electrons. The summed E-state index contributed by atoms with van der Waals surface area (Å²) in [5, 5.41) is 50.3. The lowest BCUT2D eigenvalue weighted by atomic mass is 9.74. The van der Waals surface area contributed by atoms with Crippen LogP contribution in [0.15, 0.2) is 30.3 Å². The number of hydrogen-bond acceptors (Lipinski definition) is 15. The van der Waals surface area contributed by atoms with Crippen molar-refractivity contribution in [2.75, 3.05) is 13.9 Å². The topological polar surface area (TPSA) is 252 Å². The fourth-order valence-corrected chi connectivity index (χ4v) is 7.10. The number of ether oxygens (including phenoxy) is 7. The Bertz CT molecular complexity index is 1500. The van der Waals surface area contributed by atoms with Crippen LogP contribution in [0, 0.1) is 0 Å². The van der Waals surface area contributed by atoms with Gasteiger partial charge in [-0.25, -0.2) is 0 Å². The van der Waals surface area contributed by atoms with Crippen LogP contribution < -0.4 is 35.2 Å². The Hall–Kier alpha value is -3.90. The molecule has 0 aromatic heterocycles. The molecule has 16 heteroatoms. The fourth-order valence-electron chi connectivity index (χ4n) is 7.10. The summed E-state index contributed by atoms with van der Waals surface area (Å²) in [7, 11) is 1.50. The molecule has 6 rings (SSSR count). The molecule has 2 aromatic carbocycles. The summed E-state index contributed by atoms with van der Waals surface area (Å²) in [6.07, 6.45) is -9.72. The number of benzene rings is 2. The number of carboxylic acids is 1. The molecule has 9 N–H and O–H groups in total. The maximum absolute atomic E-state index is 12.1. The average Bonchev–Trinajstić information content (AvgIpc) is 3.65. The summed E-state index contributed by atoms with van der Waals surface area (Å²) < 4.78 is 41.1. The van der Waals surface area contributed by atoms with E-state index in [-0.39, 0.29) is 11.7 Å². The largest absolute Gasteiger partial charge is 0.490 e. The van der Waals surface area contributed by atoms with Crippen LogP contribution in [-0.4, -0.2) is 100.0 Å². The zero-order valence-corrected chi connectivity index (χ0v) is 25.4. The summed E-state index contributed by atoms with van der Waals surface area (Å²) in [6, 6.07) is 8.58. The van der Waals surface area contributed by atoms with Gasteiger partial charge in [0.2, 0.25) is 12.0 Å². The highest BCUT2D eigenvalue weighted by molar-refractivity contribution is 5.90. The quantitative estimate of drug-likeness (QED) is 0.0985. The minimum absolute atomic E-state index is 0.168. The second-order valence-electron chi connectivity index (χ2n) is 12.0.